The van der Waals surface area contributed by atoms with Gasteiger partial charge in [-0.2, -0.15) is 0 Å². The number of hydrogen-bond donors (Lipinski definition) is 1. The molecule has 0 heterocycles. The van der Waals surface area contributed by atoms with E-state index >= 15 is 0 Å². The zero-order valence-corrected chi connectivity index (χ0v) is 13.6. The molecule has 0 aromatic carbocycles. The van der Waals surface area contributed by atoms with Gasteiger partial charge in [-0.15, -0.1) is 0 Å². The van der Waals surface area contributed by atoms with Crippen molar-refractivity contribution in [2.24, 2.45) is 28.6 Å². The lowest BCUT2D eigenvalue weighted by molar-refractivity contribution is -0.146. The minimum atomic E-state index is -0.919. The van der Waals surface area contributed by atoms with Gasteiger partial charge in [-0.1, -0.05) is 25.8 Å². The van der Waals surface area contributed by atoms with Crippen LogP contribution in [0, 0.1) is 28.6 Å². The molecule has 3 saturated carbocycles. The Morgan fingerprint density at radius 3 is 2.77 bits per heavy atom. The van der Waals surface area contributed by atoms with Crippen molar-refractivity contribution < 1.29 is 14.7 Å². The normalized spacial score (nSPS) is 51.0. The molecule has 4 aliphatic carbocycles. The van der Waals surface area contributed by atoms with E-state index in [1.54, 1.807) is 6.08 Å². The molecule has 0 aromatic heterocycles. The van der Waals surface area contributed by atoms with Crippen LogP contribution in [-0.2, 0) is 9.59 Å². The van der Waals surface area contributed by atoms with Gasteiger partial charge >= 0.3 is 0 Å². The second-order valence-corrected chi connectivity index (χ2v) is 8.69. The third kappa shape index (κ3) is 1.78. The van der Waals surface area contributed by atoms with Crippen LogP contribution in [0.15, 0.2) is 11.6 Å². The van der Waals surface area contributed by atoms with E-state index in [-0.39, 0.29) is 22.5 Å². The maximum atomic E-state index is 13.0. The van der Waals surface area contributed by atoms with Gasteiger partial charge in [0.2, 0.25) is 0 Å². The summed E-state index contributed by atoms with van der Waals surface area (Å²) >= 11 is 0. The molecule has 6 atom stereocenters. The van der Waals surface area contributed by atoms with Crippen LogP contribution in [0.2, 0.25) is 0 Å². The first kappa shape index (κ1) is 14.6. The summed E-state index contributed by atoms with van der Waals surface area (Å²) in [5.74, 6) is 1.35. The Balaban J connectivity index is 1.77. The monoisotopic (exact) mass is 302 g/mol. The third-order valence-corrected chi connectivity index (χ3v) is 7.46. The van der Waals surface area contributed by atoms with E-state index in [0.29, 0.717) is 30.5 Å². The molecule has 3 heteroatoms. The molecular formula is C19H26O3. The van der Waals surface area contributed by atoms with Crippen molar-refractivity contribution in [3.63, 3.8) is 0 Å². The molecule has 0 bridgehead atoms. The van der Waals surface area contributed by atoms with E-state index < -0.39 is 6.10 Å². The summed E-state index contributed by atoms with van der Waals surface area (Å²) in [6.07, 6.45) is 7.53. The van der Waals surface area contributed by atoms with Gasteiger partial charge in [-0.25, -0.2) is 0 Å². The number of carbonyl (C=O) groups is 2. The first-order chi connectivity index (χ1) is 10.3. The summed E-state index contributed by atoms with van der Waals surface area (Å²) in [6, 6.07) is 0. The third-order valence-electron chi connectivity index (χ3n) is 7.46. The van der Waals surface area contributed by atoms with Crippen LogP contribution in [0.5, 0.6) is 0 Å². The molecule has 22 heavy (non-hydrogen) atoms. The Bertz CT molecular complexity index is 577. The van der Waals surface area contributed by atoms with Gasteiger partial charge < -0.3 is 5.11 Å². The van der Waals surface area contributed by atoms with Crippen molar-refractivity contribution in [2.75, 3.05) is 0 Å². The van der Waals surface area contributed by atoms with Crippen molar-refractivity contribution in [3.05, 3.63) is 11.6 Å². The predicted molar refractivity (Wildman–Crippen MR) is 83.1 cm³/mol. The fourth-order valence-corrected chi connectivity index (χ4v) is 6.46. The maximum absolute atomic E-state index is 13.0. The molecule has 0 spiro atoms. The van der Waals surface area contributed by atoms with E-state index in [1.165, 1.54) is 19.3 Å². The molecule has 0 aromatic rings. The average Bonchev–Trinajstić information content (AvgIpc) is 2.81. The van der Waals surface area contributed by atoms with E-state index in [0.717, 1.165) is 18.4 Å². The van der Waals surface area contributed by atoms with Gasteiger partial charge in [0.25, 0.3) is 0 Å². The lowest BCUT2D eigenvalue weighted by atomic mass is 9.47. The van der Waals surface area contributed by atoms with Crippen LogP contribution < -0.4 is 0 Å². The van der Waals surface area contributed by atoms with Gasteiger partial charge in [0.05, 0.1) is 0 Å². The number of aliphatic hydroxyl groups excluding tert-OH is 1. The SMILES string of the molecule is C[C@@]12CCC[C@H]1[C@@H]1CCC3=CC(=O)C(O)C[C@]3(C)[C@@H]1C(=O)C2. The fourth-order valence-electron chi connectivity index (χ4n) is 6.46. The van der Waals surface area contributed by atoms with E-state index in [1.807, 2.05) is 0 Å². The Morgan fingerprint density at radius 1 is 1.23 bits per heavy atom. The first-order valence-electron chi connectivity index (χ1n) is 8.81. The van der Waals surface area contributed by atoms with E-state index in [2.05, 4.69) is 13.8 Å². The quantitative estimate of drug-likeness (QED) is 0.748. The van der Waals surface area contributed by atoms with Crippen LogP contribution in [0.4, 0.5) is 0 Å². The summed E-state index contributed by atoms with van der Waals surface area (Å²) < 4.78 is 0. The lowest BCUT2D eigenvalue weighted by Crippen LogP contribution is -2.55. The molecule has 4 rings (SSSR count). The molecule has 4 aliphatic rings. The van der Waals surface area contributed by atoms with Crippen LogP contribution in [-0.4, -0.2) is 22.8 Å². The summed E-state index contributed by atoms with van der Waals surface area (Å²) in [4.78, 5) is 24.9. The molecule has 0 saturated heterocycles. The summed E-state index contributed by atoms with van der Waals surface area (Å²) in [6.45, 7) is 4.44. The molecule has 1 unspecified atom stereocenters. The Kier molecular flexibility index (Phi) is 3.01. The lowest BCUT2D eigenvalue weighted by Gasteiger charge is -2.56. The molecule has 3 fully saturated rings. The van der Waals surface area contributed by atoms with Gasteiger partial charge in [0, 0.05) is 17.8 Å². The Hall–Kier alpha value is -0.960. The second-order valence-electron chi connectivity index (χ2n) is 8.69. The number of aliphatic hydroxyl groups is 1. The predicted octanol–water partition coefficient (Wildman–Crippen LogP) is 3.06. The number of Topliss-reactive ketones (excluding diaryl/α,β-unsaturated/α-hetero) is 1. The molecule has 0 radical (unpaired) electrons. The van der Waals surface area contributed by atoms with Crippen LogP contribution >= 0.6 is 0 Å². The number of hydrogen-bond acceptors (Lipinski definition) is 3. The van der Waals surface area contributed by atoms with Gasteiger partial charge in [0.15, 0.2) is 5.78 Å². The van der Waals surface area contributed by atoms with Crippen LogP contribution in [0.1, 0.15) is 58.8 Å². The molecule has 0 aliphatic heterocycles. The number of rotatable bonds is 0. The highest BCUT2D eigenvalue weighted by molar-refractivity contribution is 5.96. The maximum Gasteiger partial charge on any atom is 0.184 e. The largest absolute Gasteiger partial charge is 0.385 e. The van der Waals surface area contributed by atoms with Gasteiger partial charge in [-0.3, -0.25) is 9.59 Å². The summed E-state index contributed by atoms with van der Waals surface area (Å²) in [5.41, 5.74) is 1.04. The summed E-state index contributed by atoms with van der Waals surface area (Å²) in [7, 11) is 0. The second kappa shape index (κ2) is 4.53. The average molecular weight is 302 g/mol. The van der Waals surface area contributed by atoms with Gasteiger partial charge in [0.1, 0.15) is 11.9 Å². The minimum absolute atomic E-state index is 0.0198. The van der Waals surface area contributed by atoms with Crippen molar-refractivity contribution >= 4 is 11.6 Å². The molecule has 1 N–H and O–H groups in total. The molecule has 0 amide bonds. The fraction of sp³-hybridized carbons (Fsp3) is 0.789. The van der Waals surface area contributed by atoms with E-state index in [4.69, 9.17) is 0 Å². The van der Waals surface area contributed by atoms with E-state index in [9.17, 15) is 14.7 Å². The van der Waals surface area contributed by atoms with Crippen molar-refractivity contribution in [2.45, 2.75) is 64.9 Å². The van der Waals surface area contributed by atoms with Crippen molar-refractivity contribution in [1.82, 2.24) is 0 Å². The van der Waals surface area contributed by atoms with Crippen LogP contribution in [0.3, 0.4) is 0 Å². The van der Waals surface area contributed by atoms with Crippen molar-refractivity contribution in [3.8, 4) is 0 Å². The molecule has 3 nitrogen and oxygen atoms in total. The Morgan fingerprint density at radius 2 is 2.00 bits per heavy atom. The zero-order valence-electron chi connectivity index (χ0n) is 13.6. The number of fused-ring (bicyclic) bond motifs is 5. The standard InChI is InChI=1S/C19H26O3/c1-18-7-3-4-13(18)12-6-5-11-8-14(20)15(21)10-19(11,2)17(12)16(22)9-18/h8,12-13,15,17,21H,3-7,9-10H2,1-2H3/t12-,13-,15?,17-,18-,19-/m0/s1. The van der Waals surface area contributed by atoms with Crippen molar-refractivity contribution in [1.29, 1.82) is 0 Å². The highest BCUT2D eigenvalue weighted by Gasteiger charge is 2.60. The number of allylic oxidation sites excluding steroid dienone is 1. The summed E-state index contributed by atoms with van der Waals surface area (Å²) in [5, 5.41) is 10.1. The zero-order chi connectivity index (χ0) is 15.7. The highest BCUT2D eigenvalue weighted by atomic mass is 16.3. The highest BCUT2D eigenvalue weighted by Crippen LogP contribution is 2.64. The minimum Gasteiger partial charge on any atom is -0.385 e. The smallest absolute Gasteiger partial charge is 0.184 e. The first-order valence-corrected chi connectivity index (χ1v) is 8.81. The molecular weight excluding hydrogens is 276 g/mol. The van der Waals surface area contributed by atoms with Crippen LogP contribution in [0.25, 0.3) is 0 Å². The van der Waals surface area contributed by atoms with Gasteiger partial charge in [-0.05, 0) is 55.4 Å². The number of ketones is 2. The number of carbonyl (C=O) groups excluding carboxylic acids is 2. The Labute approximate surface area is 132 Å². The topological polar surface area (TPSA) is 54.4 Å². The molecule has 120 valence electrons.